The molecule has 0 aromatic carbocycles. The molecule has 1 saturated heterocycles. The number of nitrogens with one attached hydrogen (secondary N) is 1. The van der Waals surface area contributed by atoms with Gasteiger partial charge in [0.1, 0.15) is 0 Å². The molecule has 0 spiro atoms. The van der Waals surface area contributed by atoms with Crippen LogP contribution in [0.15, 0.2) is 5.38 Å². The number of rotatable bonds is 7. The van der Waals surface area contributed by atoms with Crippen molar-refractivity contribution in [3.8, 4) is 0 Å². The highest BCUT2D eigenvalue weighted by molar-refractivity contribution is 7.13. The zero-order valence-electron chi connectivity index (χ0n) is 12.0. The molecule has 0 bridgehead atoms. The molecule has 1 N–H and O–H groups in total. The second-order valence-corrected chi connectivity index (χ2v) is 5.82. The standard InChI is InChI=1S/C14H25N3OS/c1-3-8-18-13-6-5-7-17(10-13)14-16-12(11-19-14)9-15-4-2/h11,13,15H,3-10H2,1-2H3. The third kappa shape index (κ3) is 4.44. The van der Waals surface area contributed by atoms with Crippen molar-refractivity contribution in [2.45, 2.75) is 45.8 Å². The molecular weight excluding hydrogens is 258 g/mol. The third-order valence-corrected chi connectivity index (χ3v) is 4.25. The molecule has 5 heteroatoms. The number of hydrogen-bond acceptors (Lipinski definition) is 5. The van der Waals surface area contributed by atoms with Crippen LogP contribution >= 0.6 is 11.3 Å². The van der Waals surface area contributed by atoms with Crippen molar-refractivity contribution in [2.75, 3.05) is 31.1 Å². The maximum absolute atomic E-state index is 5.88. The molecule has 0 aliphatic carbocycles. The number of ether oxygens (including phenoxy) is 1. The van der Waals surface area contributed by atoms with Crippen LogP contribution in [0.4, 0.5) is 5.13 Å². The SMILES string of the molecule is CCCOC1CCCN(c2nc(CNCC)cs2)C1. The number of aromatic nitrogens is 1. The van der Waals surface area contributed by atoms with E-state index in [2.05, 4.69) is 29.4 Å². The van der Waals surface area contributed by atoms with Gasteiger partial charge < -0.3 is 15.0 Å². The van der Waals surface area contributed by atoms with Crippen molar-refractivity contribution in [1.29, 1.82) is 0 Å². The minimum atomic E-state index is 0.384. The summed E-state index contributed by atoms with van der Waals surface area (Å²) in [5, 5.41) is 6.63. The maximum Gasteiger partial charge on any atom is 0.185 e. The Morgan fingerprint density at radius 1 is 1.53 bits per heavy atom. The van der Waals surface area contributed by atoms with Gasteiger partial charge in [0.05, 0.1) is 11.8 Å². The fourth-order valence-electron chi connectivity index (χ4n) is 2.31. The molecule has 0 amide bonds. The average Bonchev–Trinajstić information content (AvgIpc) is 2.92. The number of hydrogen-bond donors (Lipinski definition) is 1. The van der Waals surface area contributed by atoms with Crippen LogP contribution < -0.4 is 10.2 Å². The van der Waals surface area contributed by atoms with Gasteiger partial charge in [-0.3, -0.25) is 0 Å². The molecule has 19 heavy (non-hydrogen) atoms. The summed E-state index contributed by atoms with van der Waals surface area (Å²) in [6.45, 7) is 9.12. The summed E-state index contributed by atoms with van der Waals surface area (Å²) in [4.78, 5) is 7.09. The van der Waals surface area contributed by atoms with E-state index in [0.717, 1.165) is 50.0 Å². The summed E-state index contributed by atoms with van der Waals surface area (Å²) < 4.78 is 5.88. The van der Waals surface area contributed by atoms with Crippen molar-refractivity contribution in [3.05, 3.63) is 11.1 Å². The summed E-state index contributed by atoms with van der Waals surface area (Å²) in [5.74, 6) is 0. The minimum absolute atomic E-state index is 0.384. The Hall–Kier alpha value is -0.650. The smallest absolute Gasteiger partial charge is 0.185 e. The van der Waals surface area contributed by atoms with E-state index in [1.807, 2.05) is 0 Å². The monoisotopic (exact) mass is 283 g/mol. The van der Waals surface area contributed by atoms with Gasteiger partial charge >= 0.3 is 0 Å². The summed E-state index contributed by atoms with van der Waals surface area (Å²) in [6.07, 6.45) is 3.87. The Labute approximate surface area is 120 Å². The lowest BCUT2D eigenvalue weighted by Gasteiger charge is -2.32. The summed E-state index contributed by atoms with van der Waals surface area (Å²) in [7, 11) is 0. The Morgan fingerprint density at radius 2 is 2.42 bits per heavy atom. The fraction of sp³-hybridized carbons (Fsp3) is 0.786. The first-order valence-corrected chi connectivity index (χ1v) is 8.23. The molecule has 1 unspecified atom stereocenters. The van der Waals surface area contributed by atoms with Crippen LogP contribution in [0.25, 0.3) is 0 Å². The normalized spacial score (nSPS) is 19.9. The van der Waals surface area contributed by atoms with E-state index in [0.29, 0.717) is 6.10 Å². The molecule has 2 rings (SSSR count). The fourth-order valence-corrected chi connectivity index (χ4v) is 3.17. The first-order chi connectivity index (χ1) is 9.33. The predicted molar refractivity (Wildman–Crippen MR) is 81.0 cm³/mol. The highest BCUT2D eigenvalue weighted by atomic mass is 32.1. The van der Waals surface area contributed by atoms with Gasteiger partial charge in [0.15, 0.2) is 5.13 Å². The van der Waals surface area contributed by atoms with Crippen LogP contribution in [0.2, 0.25) is 0 Å². The summed E-state index contributed by atoms with van der Waals surface area (Å²) in [5.41, 5.74) is 1.15. The van der Waals surface area contributed by atoms with Gasteiger partial charge in [0.25, 0.3) is 0 Å². The topological polar surface area (TPSA) is 37.4 Å². The first-order valence-electron chi connectivity index (χ1n) is 7.35. The quantitative estimate of drug-likeness (QED) is 0.835. The van der Waals surface area contributed by atoms with E-state index >= 15 is 0 Å². The van der Waals surface area contributed by atoms with Crippen LogP contribution in [0.3, 0.4) is 0 Å². The molecule has 108 valence electrons. The molecule has 1 aromatic rings. The van der Waals surface area contributed by atoms with Crippen molar-refractivity contribution < 1.29 is 4.74 Å². The van der Waals surface area contributed by atoms with Crippen molar-refractivity contribution in [2.24, 2.45) is 0 Å². The highest BCUT2D eigenvalue weighted by Crippen LogP contribution is 2.25. The average molecular weight is 283 g/mol. The van der Waals surface area contributed by atoms with E-state index in [4.69, 9.17) is 9.72 Å². The van der Waals surface area contributed by atoms with Crippen LogP contribution in [0.1, 0.15) is 38.8 Å². The molecule has 1 aromatic heterocycles. The van der Waals surface area contributed by atoms with Crippen molar-refractivity contribution in [3.63, 3.8) is 0 Å². The second-order valence-electron chi connectivity index (χ2n) is 4.98. The molecule has 4 nitrogen and oxygen atoms in total. The van der Waals surface area contributed by atoms with E-state index in [1.165, 1.54) is 12.8 Å². The van der Waals surface area contributed by atoms with Gasteiger partial charge in [-0.05, 0) is 25.8 Å². The van der Waals surface area contributed by atoms with E-state index in [-0.39, 0.29) is 0 Å². The van der Waals surface area contributed by atoms with Crippen LogP contribution in [0.5, 0.6) is 0 Å². The van der Waals surface area contributed by atoms with E-state index in [1.54, 1.807) is 11.3 Å². The molecule has 0 saturated carbocycles. The molecular formula is C14H25N3OS. The number of thiazole rings is 1. The summed E-state index contributed by atoms with van der Waals surface area (Å²) >= 11 is 1.75. The predicted octanol–water partition coefficient (Wildman–Crippen LogP) is 2.65. The van der Waals surface area contributed by atoms with Crippen LogP contribution in [-0.4, -0.2) is 37.3 Å². The minimum Gasteiger partial charge on any atom is -0.376 e. The Kier molecular flexibility index (Phi) is 6.07. The maximum atomic E-state index is 5.88. The van der Waals surface area contributed by atoms with E-state index in [9.17, 15) is 0 Å². The van der Waals surface area contributed by atoms with Crippen LogP contribution in [-0.2, 0) is 11.3 Å². The molecule has 1 atom stereocenters. The molecule has 1 aliphatic heterocycles. The lowest BCUT2D eigenvalue weighted by molar-refractivity contribution is 0.0440. The van der Waals surface area contributed by atoms with Crippen molar-refractivity contribution in [1.82, 2.24) is 10.3 Å². The summed E-state index contributed by atoms with van der Waals surface area (Å²) in [6, 6.07) is 0. The van der Waals surface area contributed by atoms with Gasteiger partial charge in [0, 0.05) is 31.6 Å². The highest BCUT2D eigenvalue weighted by Gasteiger charge is 2.22. The molecule has 0 radical (unpaired) electrons. The molecule has 1 fully saturated rings. The number of piperidine rings is 1. The van der Waals surface area contributed by atoms with Gasteiger partial charge in [-0.15, -0.1) is 11.3 Å². The molecule has 2 heterocycles. The Bertz CT molecular complexity index is 369. The van der Waals surface area contributed by atoms with Gasteiger partial charge in [-0.1, -0.05) is 13.8 Å². The van der Waals surface area contributed by atoms with Crippen molar-refractivity contribution >= 4 is 16.5 Å². The van der Waals surface area contributed by atoms with E-state index < -0.39 is 0 Å². The third-order valence-electron chi connectivity index (χ3n) is 3.30. The van der Waals surface area contributed by atoms with Gasteiger partial charge in [-0.2, -0.15) is 0 Å². The zero-order valence-corrected chi connectivity index (χ0v) is 12.8. The Balaban J connectivity index is 1.87. The largest absolute Gasteiger partial charge is 0.376 e. The van der Waals surface area contributed by atoms with Gasteiger partial charge in [-0.25, -0.2) is 4.98 Å². The number of nitrogens with zero attached hydrogens (tertiary/aromatic N) is 2. The lowest BCUT2D eigenvalue weighted by Crippen LogP contribution is -2.39. The van der Waals surface area contributed by atoms with Crippen LogP contribution in [0, 0.1) is 0 Å². The lowest BCUT2D eigenvalue weighted by atomic mass is 10.1. The first kappa shape index (κ1) is 14.8. The molecule has 1 aliphatic rings. The zero-order chi connectivity index (χ0) is 13.5. The van der Waals surface area contributed by atoms with Gasteiger partial charge in [0.2, 0.25) is 0 Å². The second kappa shape index (κ2) is 7.82. The Morgan fingerprint density at radius 3 is 3.21 bits per heavy atom. The number of anilines is 1.